The van der Waals surface area contributed by atoms with E-state index in [4.69, 9.17) is 15.3 Å². The topological polar surface area (TPSA) is 121 Å². The van der Waals surface area contributed by atoms with Crippen LogP contribution in [0.25, 0.3) is 11.4 Å². The predicted octanol–water partition coefficient (Wildman–Crippen LogP) is 0.829. The average Bonchev–Trinajstić information content (AvgIpc) is 3.00. The number of ether oxygens (including phenoxy) is 2. The van der Waals surface area contributed by atoms with Crippen LogP contribution in [0.5, 0.6) is 5.75 Å². The van der Waals surface area contributed by atoms with Crippen LogP contribution in [-0.4, -0.2) is 52.3 Å². The van der Waals surface area contributed by atoms with Crippen molar-refractivity contribution in [3.63, 3.8) is 0 Å². The SMILES string of the molecule is CCOC(=O)CNC(=O)CSc1nnc(-c2ccc(OCC)cc2)n1N. The number of nitrogens with one attached hydrogen (secondary N) is 1. The summed E-state index contributed by atoms with van der Waals surface area (Å²) in [6.45, 7) is 4.31. The molecular weight excluding hydrogens is 358 g/mol. The Morgan fingerprint density at radius 3 is 2.58 bits per heavy atom. The Kier molecular flexibility index (Phi) is 7.27. The third-order valence-corrected chi connectivity index (χ3v) is 4.10. The van der Waals surface area contributed by atoms with Crippen molar-refractivity contribution in [2.45, 2.75) is 19.0 Å². The zero-order chi connectivity index (χ0) is 18.9. The van der Waals surface area contributed by atoms with Gasteiger partial charge in [0.05, 0.1) is 19.0 Å². The second kappa shape index (κ2) is 9.66. The lowest BCUT2D eigenvalue weighted by molar-refractivity contribution is -0.143. The molecule has 1 aromatic carbocycles. The van der Waals surface area contributed by atoms with E-state index in [0.717, 1.165) is 23.1 Å². The van der Waals surface area contributed by atoms with Crippen LogP contribution in [0.1, 0.15) is 13.8 Å². The number of nitrogens with two attached hydrogens (primary N) is 1. The number of carbonyl (C=O) groups excluding carboxylic acids is 2. The second-order valence-electron chi connectivity index (χ2n) is 5.00. The van der Waals surface area contributed by atoms with E-state index < -0.39 is 5.97 Å². The molecule has 3 N–H and O–H groups in total. The first-order valence-electron chi connectivity index (χ1n) is 8.04. The van der Waals surface area contributed by atoms with Crippen LogP contribution in [0.15, 0.2) is 29.4 Å². The summed E-state index contributed by atoms with van der Waals surface area (Å²) in [5, 5.41) is 10.9. The van der Waals surface area contributed by atoms with E-state index in [1.54, 1.807) is 6.92 Å². The molecule has 0 radical (unpaired) electrons. The molecule has 0 aliphatic rings. The first-order valence-corrected chi connectivity index (χ1v) is 9.02. The summed E-state index contributed by atoms with van der Waals surface area (Å²) in [4.78, 5) is 23.0. The molecule has 0 bridgehead atoms. The van der Waals surface area contributed by atoms with Crippen LogP contribution in [0.2, 0.25) is 0 Å². The molecule has 0 fully saturated rings. The molecule has 0 unspecified atom stereocenters. The number of amides is 1. The van der Waals surface area contributed by atoms with Crippen molar-refractivity contribution in [2.24, 2.45) is 0 Å². The molecule has 2 aromatic rings. The Hall–Kier alpha value is -2.75. The molecule has 2 rings (SSSR count). The lowest BCUT2D eigenvalue weighted by Gasteiger charge is -2.06. The molecule has 26 heavy (non-hydrogen) atoms. The molecule has 9 nitrogen and oxygen atoms in total. The quantitative estimate of drug-likeness (QED) is 0.373. The number of nitrogen functional groups attached to an aromatic ring is 1. The predicted molar refractivity (Wildman–Crippen MR) is 97.1 cm³/mol. The van der Waals surface area contributed by atoms with Gasteiger partial charge in [-0.25, -0.2) is 4.68 Å². The van der Waals surface area contributed by atoms with Crippen molar-refractivity contribution < 1.29 is 19.1 Å². The standard InChI is InChI=1S/C16H21N5O4S/c1-3-24-12-7-5-11(6-8-12)15-19-20-16(21(15)17)26-10-13(22)18-9-14(23)25-4-2/h5-8H,3-4,9-10,17H2,1-2H3,(H,18,22). The number of nitrogens with zero attached hydrogens (tertiary/aromatic N) is 3. The molecule has 0 aliphatic carbocycles. The van der Waals surface area contributed by atoms with Crippen molar-refractivity contribution in [1.82, 2.24) is 20.2 Å². The van der Waals surface area contributed by atoms with Gasteiger partial charge in [-0.1, -0.05) is 11.8 Å². The Morgan fingerprint density at radius 2 is 1.92 bits per heavy atom. The number of aromatic nitrogens is 3. The minimum atomic E-state index is -0.481. The Bertz CT molecular complexity index is 748. The molecule has 140 valence electrons. The fourth-order valence-corrected chi connectivity index (χ4v) is 2.69. The zero-order valence-corrected chi connectivity index (χ0v) is 15.4. The summed E-state index contributed by atoms with van der Waals surface area (Å²) in [7, 11) is 0. The maximum absolute atomic E-state index is 11.8. The number of hydrogen-bond donors (Lipinski definition) is 2. The monoisotopic (exact) mass is 379 g/mol. The fraction of sp³-hybridized carbons (Fsp3) is 0.375. The van der Waals surface area contributed by atoms with Crippen molar-refractivity contribution in [2.75, 3.05) is 31.4 Å². The minimum Gasteiger partial charge on any atom is -0.494 e. The second-order valence-corrected chi connectivity index (χ2v) is 5.95. The van der Waals surface area contributed by atoms with Gasteiger partial charge in [-0.15, -0.1) is 10.2 Å². The lowest BCUT2D eigenvalue weighted by atomic mass is 10.2. The van der Waals surface area contributed by atoms with Crippen LogP contribution in [0.3, 0.4) is 0 Å². The molecule has 1 heterocycles. The van der Waals surface area contributed by atoms with E-state index in [2.05, 4.69) is 15.5 Å². The largest absolute Gasteiger partial charge is 0.494 e. The summed E-state index contributed by atoms with van der Waals surface area (Å²) in [6, 6.07) is 7.31. The van der Waals surface area contributed by atoms with Gasteiger partial charge in [0.25, 0.3) is 0 Å². The van der Waals surface area contributed by atoms with E-state index in [0.29, 0.717) is 17.6 Å². The van der Waals surface area contributed by atoms with Gasteiger partial charge in [0, 0.05) is 5.56 Å². The molecule has 0 saturated carbocycles. The van der Waals surface area contributed by atoms with Crippen molar-refractivity contribution >= 4 is 23.6 Å². The van der Waals surface area contributed by atoms with Crippen LogP contribution < -0.4 is 15.9 Å². The third-order valence-electron chi connectivity index (χ3n) is 3.16. The first-order chi connectivity index (χ1) is 12.5. The Labute approximate surface area is 155 Å². The Balaban J connectivity index is 1.92. The van der Waals surface area contributed by atoms with Crippen molar-refractivity contribution in [3.8, 4) is 17.1 Å². The molecular formula is C16H21N5O4S. The summed E-state index contributed by atoms with van der Waals surface area (Å²) in [6.07, 6.45) is 0. The minimum absolute atomic E-state index is 0.0536. The average molecular weight is 379 g/mol. The van der Waals surface area contributed by atoms with Gasteiger partial charge in [-0.3, -0.25) is 9.59 Å². The maximum Gasteiger partial charge on any atom is 0.325 e. The highest BCUT2D eigenvalue weighted by atomic mass is 32.2. The lowest BCUT2D eigenvalue weighted by Crippen LogP contribution is -2.32. The zero-order valence-electron chi connectivity index (χ0n) is 14.6. The third kappa shape index (κ3) is 5.38. The highest BCUT2D eigenvalue weighted by Gasteiger charge is 2.14. The highest BCUT2D eigenvalue weighted by Crippen LogP contribution is 2.23. The van der Waals surface area contributed by atoms with E-state index in [1.807, 2.05) is 31.2 Å². The molecule has 1 amide bonds. The van der Waals surface area contributed by atoms with E-state index in [9.17, 15) is 9.59 Å². The summed E-state index contributed by atoms with van der Waals surface area (Å²) >= 11 is 1.12. The molecule has 0 atom stereocenters. The van der Waals surface area contributed by atoms with Gasteiger partial charge in [-0.05, 0) is 38.1 Å². The normalized spacial score (nSPS) is 10.4. The van der Waals surface area contributed by atoms with Gasteiger partial charge in [0.1, 0.15) is 12.3 Å². The summed E-state index contributed by atoms with van der Waals surface area (Å²) in [5.74, 6) is 6.49. The van der Waals surface area contributed by atoms with Gasteiger partial charge in [-0.2, -0.15) is 0 Å². The van der Waals surface area contributed by atoms with Crippen molar-refractivity contribution in [1.29, 1.82) is 0 Å². The smallest absolute Gasteiger partial charge is 0.325 e. The van der Waals surface area contributed by atoms with Gasteiger partial charge in [0.15, 0.2) is 5.82 Å². The van der Waals surface area contributed by atoms with Crippen molar-refractivity contribution in [3.05, 3.63) is 24.3 Å². The summed E-state index contributed by atoms with van der Waals surface area (Å²) in [5.41, 5.74) is 0.780. The maximum atomic E-state index is 11.8. The highest BCUT2D eigenvalue weighted by molar-refractivity contribution is 7.99. The van der Waals surface area contributed by atoms with E-state index >= 15 is 0 Å². The fourth-order valence-electron chi connectivity index (χ4n) is 2.00. The molecule has 0 saturated heterocycles. The van der Waals surface area contributed by atoms with Crippen LogP contribution in [0.4, 0.5) is 0 Å². The summed E-state index contributed by atoms with van der Waals surface area (Å²) < 4.78 is 11.4. The Morgan fingerprint density at radius 1 is 1.19 bits per heavy atom. The molecule has 0 aliphatic heterocycles. The van der Waals surface area contributed by atoms with Gasteiger partial charge < -0.3 is 20.6 Å². The molecule has 1 aromatic heterocycles. The first kappa shape index (κ1) is 19.6. The van der Waals surface area contributed by atoms with Crippen LogP contribution >= 0.6 is 11.8 Å². The number of thioether (sulfide) groups is 1. The van der Waals surface area contributed by atoms with E-state index in [1.165, 1.54) is 4.68 Å². The number of carbonyl (C=O) groups is 2. The molecule has 0 spiro atoms. The number of esters is 1. The number of rotatable bonds is 9. The van der Waals surface area contributed by atoms with Crippen LogP contribution in [-0.2, 0) is 14.3 Å². The van der Waals surface area contributed by atoms with Gasteiger partial charge >= 0.3 is 5.97 Å². The molecule has 10 heteroatoms. The van der Waals surface area contributed by atoms with Crippen LogP contribution in [0, 0.1) is 0 Å². The van der Waals surface area contributed by atoms with E-state index in [-0.39, 0.29) is 24.8 Å². The number of benzene rings is 1. The number of hydrogen-bond acceptors (Lipinski definition) is 8. The van der Waals surface area contributed by atoms with Gasteiger partial charge in [0.2, 0.25) is 11.1 Å².